The minimum Gasteiger partial charge on any atom is -0.376 e. The van der Waals surface area contributed by atoms with E-state index in [4.69, 9.17) is 11.6 Å². The molecule has 2 aromatic rings. The molecule has 22 heavy (non-hydrogen) atoms. The number of amides is 1. The van der Waals surface area contributed by atoms with Gasteiger partial charge in [0.2, 0.25) is 5.91 Å². The fourth-order valence-corrected chi connectivity index (χ4v) is 2.55. The molecular weight excluding hydrogens is 296 g/mol. The second-order valence-corrected chi connectivity index (χ2v) is 5.59. The number of rotatable bonds is 6. The predicted molar refractivity (Wildman–Crippen MR) is 92.3 cm³/mol. The Bertz CT molecular complexity index is 655. The van der Waals surface area contributed by atoms with E-state index in [-0.39, 0.29) is 12.5 Å². The number of hydrogen-bond acceptors (Lipinski definition) is 2. The number of benzene rings is 2. The van der Waals surface area contributed by atoms with Crippen molar-refractivity contribution in [1.82, 2.24) is 5.32 Å². The van der Waals surface area contributed by atoms with Gasteiger partial charge in [-0.3, -0.25) is 4.79 Å². The summed E-state index contributed by atoms with van der Waals surface area (Å²) in [7, 11) is 0. The highest BCUT2D eigenvalue weighted by Gasteiger charge is 2.07. The largest absolute Gasteiger partial charge is 0.376 e. The van der Waals surface area contributed by atoms with Crippen molar-refractivity contribution < 1.29 is 4.79 Å². The molecule has 0 heterocycles. The summed E-state index contributed by atoms with van der Waals surface area (Å²) in [4.78, 5) is 12.0. The van der Waals surface area contributed by atoms with Crippen molar-refractivity contribution in [1.29, 1.82) is 0 Å². The highest BCUT2D eigenvalue weighted by molar-refractivity contribution is 6.31. The van der Waals surface area contributed by atoms with E-state index in [1.54, 1.807) is 0 Å². The fourth-order valence-electron chi connectivity index (χ4n) is 2.34. The SMILES string of the molecule is CCc1cccc(C)c1NCC(=O)NCc1ccccc1Cl. The van der Waals surface area contributed by atoms with E-state index < -0.39 is 0 Å². The van der Waals surface area contributed by atoms with Crippen LogP contribution in [0.2, 0.25) is 5.02 Å². The molecule has 0 unspecified atom stereocenters. The zero-order chi connectivity index (χ0) is 15.9. The Morgan fingerprint density at radius 3 is 2.55 bits per heavy atom. The molecule has 0 bridgehead atoms. The molecular formula is C18H21ClN2O. The van der Waals surface area contributed by atoms with Crippen LogP contribution in [-0.2, 0) is 17.8 Å². The van der Waals surface area contributed by atoms with Crippen LogP contribution in [0.1, 0.15) is 23.6 Å². The normalized spacial score (nSPS) is 10.3. The Balaban J connectivity index is 1.90. The highest BCUT2D eigenvalue weighted by atomic mass is 35.5. The van der Waals surface area contributed by atoms with E-state index in [1.807, 2.05) is 43.3 Å². The standard InChI is InChI=1S/C18H21ClN2O/c1-3-14-9-6-7-13(2)18(14)21-12-17(22)20-11-15-8-4-5-10-16(15)19/h4-10,21H,3,11-12H2,1-2H3,(H,20,22). The van der Waals surface area contributed by atoms with Gasteiger partial charge in [-0.15, -0.1) is 0 Å². The maximum Gasteiger partial charge on any atom is 0.239 e. The van der Waals surface area contributed by atoms with Gasteiger partial charge in [0.05, 0.1) is 6.54 Å². The fraction of sp³-hybridized carbons (Fsp3) is 0.278. The molecule has 0 spiro atoms. The first-order chi connectivity index (χ1) is 10.6. The lowest BCUT2D eigenvalue weighted by atomic mass is 10.1. The number of halogens is 1. The van der Waals surface area contributed by atoms with Crippen LogP contribution in [0, 0.1) is 6.92 Å². The van der Waals surface area contributed by atoms with Gasteiger partial charge < -0.3 is 10.6 Å². The Kier molecular flexibility index (Phi) is 5.84. The quantitative estimate of drug-likeness (QED) is 0.847. The lowest BCUT2D eigenvalue weighted by molar-refractivity contribution is -0.119. The Morgan fingerprint density at radius 2 is 1.82 bits per heavy atom. The van der Waals surface area contributed by atoms with E-state index >= 15 is 0 Å². The van der Waals surface area contributed by atoms with Crippen molar-refractivity contribution in [3.8, 4) is 0 Å². The number of para-hydroxylation sites is 1. The van der Waals surface area contributed by atoms with E-state index in [1.165, 1.54) is 5.56 Å². The molecule has 0 saturated heterocycles. The first kappa shape index (κ1) is 16.4. The molecule has 0 aliphatic rings. The number of nitrogens with one attached hydrogen (secondary N) is 2. The van der Waals surface area contributed by atoms with Gasteiger partial charge in [0.15, 0.2) is 0 Å². The van der Waals surface area contributed by atoms with Crippen molar-refractivity contribution in [2.75, 3.05) is 11.9 Å². The Hall–Kier alpha value is -2.00. The van der Waals surface area contributed by atoms with E-state index in [0.29, 0.717) is 11.6 Å². The van der Waals surface area contributed by atoms with Crippen molar-refractivity contribution in [2.24, 2.45) is 0 Å². The third-order valence-corrected chi connectivity index (χ3v) is 3.97. The first-order valence-electron chi connectivity index (χ1n) is 7.44. The molecule has 4 heteroatoms. The van der Waals surface area contributed by atoms with Crippen LogP contribution < -0.4 is 10.6 Å². The van der Waals surface area contributed by atoms with Crippen molar-refractivity contribution >= 4 is 23.2 Å². The third-order valence-electron chi connectivity index (χ3n) is 3.60. The minimum atomic E-state index is -0.0507. The number of anilines is 1. The third kappa shape index (κ3) is 4.25. The molecule has 116 valence electrons. The molecule has 1 amide bonds. The number of carbonyl (C=O) groups excluding carboxylic acids is 1. The molecule has 0 aromatic heterocycles. The molecule has 0 saturated carbocycles. The summed E-state index contributed by atoms with van der Waals surface area (Å²) >= 11 is 6.07. The van der Waals surface area contributed by atoms with Crippen molar-refractivity contribution in [2.45, 2.75) is 26.8 Å². The lowest BCUT2D eigenvalue weighted by Gasteiger charge is -2.14. The van der Waals surface area contributed by atoms with Gasteiger partial charge in [-0.25, -0.2) is 0 Å². The minimum absolute atomic E-state index is 0.0507. The van der Waals surface area contributed by atoms with Gasteiger partial charge >= 0.3 is 0 Å². The summed E-state index contributed by atoms with van der Waals surface area (Å²) in [6, 6.07) is 13.7. The van der Waals surface area contributed by atoms with Crippen LogP contribution in [0.25, 0.3) is 0 Å². The van der Waals surface area contributed by atoms with Crippen LogP contribution in [0.15, 0.2) is 42.5 Å². The smallest absolute Gasteiger partial charge is 0.239 e. The molecule has 0 aliphatic carbocycles. The van der Waals surface area contributed by atoms with Crippen LogP contribution in [-0.4, -0.2) is 12.5 Å². The predicted octanol–water partition coefficient (Wildman–Crippen LogP) is 3.94. The van der Waals surface area contributed by atoms with Crippen LogP contribution >= 0.6 is 11.6 Å². The monoisotopic (exact) mass is 316 g/mol. The number of carbonyl (C=O) groups is 1. The van der Waals surface area contributed by atoms with Gasteiger partial charge in [-0.2, -0.15) is 0 Å². The van der Waals surface area contributed by atoms with Gasteiger partial charge in [0, 0.05) is 17.3 Å². The summed E-state index contributed by atoms with van der Waals surface area (Å²) in [6.45, 7) is 4.84. The summed E-state index contributed by atoms with van der Waals surface area (Å²) in [5.41, 5.74) is 4.35. The zero-order valence-electron chi connectivity index (χ0n) is 12.9. The molecule has 2 aromatic carbocycles. The first-order valence-corrected chi connectivity index (χ1v) is 7.82. The summed E-state index contributed by atoms with van der Waals surface area (Å²) < 4.78 is 0. The molecule has 0 fully saturated rings. The topological polar surface area (TPSA) is 41.1 Å². The van der Waals surface area contributed by atoms with E-state index in [0.717, 1.165) is 23.2 Å². The van der Waals surface area contributed by atoms with Gasteiger partial charge in [-0.1, -0.05) is 54.9 Å². The van der Waals surface area contributed by atoms with Gasteiger partial charge in [0.25, 0.3) is 0 Å². The molecule has 0 atom stereocenters. The van der Waals surface area contributed by atoms with Crippen LogP contribution in [0.5, 0.6) is 0 Å². The molecule has 3 nitrogen and oxygen atoms in total. The highest BCUT2D eigenvalue weighted by Crippen LogP contribution is 2.20. The van der Waals surface area contributed by atoms with Crippen molar-refractivity contribution in [3.63, 3.8) is 0 Å². The Labute approximate surface area is 136 Å². The van der Waals surface area contributed by atoms with Gasteiger partial charge in [0.1, 0.15) is 0 Å². The maximum absolute atomic E-state index is 12.0. The zero-order valence-corrected chi connectivity index (χ0v) is 13.7. The van der Waals surface area contributed by atoms with Crippen molar-refractivity contribution in [3.05, 3.63) is 64.2 Å². The summed E-state index contributed by atoms with van der Waals surface area (Å²) in [6.07, 6.45) is 0.936. The average molecular weight is 317 g/mol. The van der Waals surface area contributed by atoms with Crippen LogP contribution in [0.4, 0.5) is 5.69 Å². The van der Waals surface area contributed by atoms with E-state index in [2.05, 4.69) is 23.6 Å². The molecule has 0 radical (unpaired) electrons. The Morgan fingerprint density at radius 1 is 1.09 bits per heavy atom. The summed E-state index contributed by atoms with van der Waals surface area (Å²) in [5, 5.41) is 6.79. The lowest BCUT2D eigenvalue weighted by Crippen LogP contribution is -2.29. The molecule has 0 aliphatic heterocycles. The molecule has 2 N–H and O–H groups in total. The number of aryl methyl sites for hydroxylation is 2. The molecule has 2 rings (SSSR count). The second-order valence-electron chi connectivity index (χ2n) is 5.18. The average Bonchev–Trinajstić information content (AvgIpc) is 2.52. The second kappa shape index (κ2) is 7.85. The van der Waals surface area contributed by atoms with Crippen LogP contribution in [0.3, 0.4) is 0 Å². The summed E-state index contributed by atoms with van der Waals surface area (Å²) in [5.74, 6) is -0.0507. The maximum atomic E-state index is 12.0. The van der Waals surface area contributed by atoms with E-state index in [9.17, 15) is 4.79 Å². The number of hydrogen-bond donors (Lipinski definition) is 2. The van der Waals surface area contributed by atoms with Gasteiger partial charge in [-0.05, 0) is 36.1 Å².